The lowest BCUT2D eigenvalue weighted by Crippen LogP contribution is -1.95. The fourth-order valence-corrected chi connectivity index (χ4v) is 3.31. The standard InChI is InChI=1S/C24H16N2O5/c27-25(28)23-15-19(11-13-21(23)17-7-3-1-4-8-17)31-20-12-14-22(24(16-20)26(29)30)18-9-5-2-6-10-18/h1-16H. The van der Waals surface area contributed by atoms with Crippen LogP contribution in [0.1, 0.15) is 0 Å². The highest BCUT2D eigenvalue weighted by atomic mass is 16.6. The van der Waals surface area contributed by atoms with E-state index in [1.54, 1.807) is 72.8 Å². The number of hydrogen-bond donors (Lipinski definition) is 0. The van der Waals surface area contributed by atoms with Gasteiger partial charge in [-0.25, -0.2) is 0 Å². The first-order valence-electron chi connectivity index (χ1n) is 9.38. The monoisotopic (exact) mass is 412 g/mol. The van der Waals surface area contributed by atoms with E-state index in [1.807, 2.05) is 12.1 Å². The van der Waals surface area contributed by atoms with E-state index < -0.39 is 9.85 Å². The molecule has 0 aliphatic heterocycles. The molecule has 0 heterocycles. The van der Waals surface area contributed by atoms with Crippen LogP contribution in [-0.2, 0) is 0 Å². The summed E-state index contributed by atoms with van der Waals surface area (Å²) in [5.74, 6) is 0.432. The Kier molecular flexibility index (Phi) is 5.40. The van der Waals surface area contributed by atoms with Crippen LogP contribution in [0.3, 0.4) is 0 Å². The molecule has 0 aliphatic carbocycles. The van der Waals surface area contributed by atoms with E-state index in [4.69, 9.17) is 4.74 Å². The number of ether oxygens (including phenoxy) is 1. The van der Waals surface area contributed by atoms with Gasteiger partial charge in [0.05, 0.1) is 33.1 Å². The molecule has 4 aromatic carbocycles. The van der Waals surface area contributed by atoms with Gasteiger partial charge in [-0.15, -0.1) is 0 Å². The van der Waals surface area contributed by atoms with Gasteiger partial charge < -0.3 is 4.74 Å². The van der Waals surface area contributed by atoms with Crippen molar-refractivity contribution in [3.05, 3.63) is 117 Å². The highest BCUT2D eigenvalue weighted by Crippen LogP contribution is 2.37. The summed E-state index contributed by atoms with van der Waals surface area (Å²) in [6, 6.07) is 27.1. The zero-order valence-corrected chi connectivity index (χ0v) is 16.2. The predicted octanol–water partition coefficient (Wildman–Crippen LogP) is 6.63. The summed E-state index contributed by atoms with van der Waals surface area (Å²) in [5, 5.41) is 23.2. The molecule has 0 saturated carbocycles. The average molecular weight is 412 g/mol. The van der Waals surface area contributed by atoms with Crippen LogP contribution < -0.4 is 4.74 Å². The molecule has 31 heavy (non-hydrogen) atoms. The van der Waals surface area contributed by atoms with Crippen LogP contribution in [0.4, 0.5) is 11.4 Å². The minimum Gasteiger partial charge on any atom is -0.457 e. The molecule has 0 fully saturated rings. The average Bonchev–Trinajstić information content (AvgIpc) is 2.80. The summed E-state index contributed by atoms with van der Waals surface area (Å²) < 4.78 is 5.73. The third-order valence-electron chi connectivity index (χ3n) is 4.74. The summed E-state index contributed by atoms with van der Waals surface area (Å²) in [7, 11) is 0. The summed E-state index contributed by atoms with van der Waals surface area (Å²) in [6.07, 6.45) is 0. The van der Waals surface area contributed by atoms with Crippen LogP contribution in [0.2, 0.25) is 0 Å². The number of nitro groups is 2. The maximum absolute atomic E-state index is 11.6. The summed E-state index contributed by atoms with van der Waals surface area (Å²) in [5.41, 5.74) is 2.12. The van der Waals surface area contributed by atoms with Crippen molar-refractivity contribution >= 4 is 11.4 Å². The maximum atomic E-state index is 11.6. The summed E-state index contributed by atoms with van der Waals surface area (Å²) in [4.78, 5) is 22.3. The van der Waals surface area contributed by atoms with Gasteiger partial charge in [0.1, 0.15) is 11.5 Å². The highest BCUT2D eigenvalue weighted by Gasteiger charge is 2.19. The molecule has 0 N–H and O–H groups in total. The van der Waals surface area contributed by atoms with Crippen LogP contribution >= 0.6 is 0 Å². The van der Waals surface area contributed by atoms with Crippen LogP contribution in [0, 0.1) is 20.2 Å². The lowest BCUT2D eigenvalue weighted by Gasteiger charge is -2.10. The Bertz CT molecular complexity index is 1160. The van der Waals surface area contributed by atoms with Gasteiger partial charge in [0.2, 0.25) is 0 Å². The van der Waals surface area contributed by atoms with Crippen molar-refractivity contribution in [1.29, 1.82) is 0 Å². The van der Waals surface area contributed by atoms with Gasteiger partial charge in [0.25, 0.3) is 11.4 Å². The topological polar surface area (TPSA) is 95.5 Å². The SMILES string of the molecule is O=[N+]([O-])c1cc(Oc2ccc(-c3ccccc3)c([N+](=O)[O-])c2)ccc1-c1ccccc1. The molecular weight excluding hydrogens is 396 g/mol. The molecule has 0 atom stereocenters. The van der Waals surface area contributed by atoms with Crippen molar-refractivity contribution in [2.24, 2.45) is 0 Å². The molecule has 7 nitrogen and oxygen atoms in total. The minimum atomic E-state index is -0.476. The van der Waals surface area contributed by atoms with E-state index in [9.17, 15) is 20.2 Å². The van der Waals surface area contributed by atoms with E-state index in [0.29, 0.717) is 22.3 Å². The molecule has 0 amide bonds. The van der Waals surface area contributed by atoms with Crippen LogP contribution in [0.5, 0.6) is 11.5 Å². The van der Waals surface area contributed by atoms with Crippen molar-refractivity contribution in [2.75, 3.05) is 0 Å². The number of nitro benzene ring substituents is 2. The Morgan fingerprint density at radius 3 is 1.29 bits per heavy atom. The number of benzene rings is 4. The molecule has 0 spiro atoms. The van der Waals surface area contributed by atoms with E-state index in [2.05, 4.69) is 0 Å². The van der Waals surface area contributed by atoms with Gasteiger partial charge in [-0.1, -0.05) is 60.7 Å². The zero-order chi connectivity index (χ0) is 21.8. The number of nitrogens with zero attached hydrogens (tertiary/aromatic N) is 2. The van der Waals surface area contributed by atoms with Crippen LogP contribution in [-0.4, -0.2) is 9.85 Å². The second kappa shape index (κ2) is 8.46. The Labute approximate surface area is 177 Å². The van der Waals surface area contributed by atoms with Crippen LogP contribution in [0.25, 0.3) is 22.3 Å². The largest absolute Gasteiger partial charge is 0.457 e. The fraction of sp³-hybridized carbons (Fsp3) is 0. The lowest BCUT2D eigenvalue weighted by atomic mass is 10.0. The lowest BCUT2D eigenvalue weighted by molar-refractivity contribution is -0.384. The van der Waals surface area contributed by atoms with Gasteiger partial charge in [0.15, 0.2) is 0 Å². The molecule has 0 aromatic heterocycles. The molecule has 0 saturated heterocycles. The van der Waals surface area contributed by atoms with Crippen molar-refractivity contribution in [3.8, 4) is 33.8 Å². The van der Waals surface area contributed by atoms with Crippen molar-refractivity contribution in [1.82, 2.24) is 0 Å². The maximum Gasteiger partial charge on any atom is 0.280 e. The Hall–Kier alpha value is -4.52. The third-order valence-corrected chi connectivity index (χ3v) is 4.74. The Balaban J connectivity index is 1.69. The second-order valence-electron chi connectivity index (χ2n) is 6.71. The Morgan fingerprint density at radius 2 is 0.935 bits per heavy atom. The number of hydrogen-bond acceptors (Lipinski definition) is 5. The Morgan fingerprint density at radius 1 is 0.548 bits per heavy atom. The van der Waals surface area contributed by atoms with Crippen molar-refractivity contribution in [2.45, 2.75) is 0 Å². The predicted molar refractivity (Wildman–Crippen MR) is 117 cm³/mol. The summed E-state index contributed by atoms with van der Waals surface area (Å²) in [6.45, 7) is 0. The molecule has 0 bridgehead atoms. The van der Waals surface area contributed by atoms with Gasteiger partial charge in [-0.05, 0) is 35.4 Å². The molecule has 152 valence electrons. The first-order valence-corrected chi connectivity index (χ1v) is 9.38. The van der Waals surface area contributed by atoms with Crippen molar-refractivity contribution in [3.63, 3.8) is 0 Å². The minimum absolute atomic E-state index is 0.112. The second-order valence-corrected chi connectivity index (χ2v) is 6.71. The quantitative estimate of drug-likeness (QED) is 0.262. The van der Waals surface area contributed by atoms with E-state index in [-0.39, 0.29) is 22.9 Å². The molecule has 4 aromatic rings. The summed E-state index contributed by atoms with van der Waals surface area (Å²) >= 11 is 0. The third kappa shape index (κ3) is 4.25. The van der Waals surface area contributed by atoms with Crippen LogP contribution in [0.15, 0.2) is 97.1 Å². The molecular formula is C24H16N2O5. The van der Waals surface area contributed by atoms with E-state index >= 15 is 0 Å². The number of rotatable bonds is 6. The van der Waals surface area contributed by atoms with Gasteiger partial charge in [0, 0.05) is 0 Å². The van der Waals surface area contributed by atoms with E-state index in [1.165, 1.54) is 12.1 Å². The molecule has 0 unspecified atom stereocenters. The molecule has 0 radical (unpaired) electrons. The van der Waals surface area contributed by atoms with Gasteiger partial charge in [-0.3, -0.25) is 20.2 Å². The molecule has 0 aliphatic rings. The van der Waals surface area contributed by atoms with Gasteiger partial charge in [-0.2, -0.15) is 0 Å². The molecule has 4 rings (SSSR count). The van der Waals surface area contributed by atoms with Gasteiger partial charge >= 0.3 is 0 Å². The highest BCUT2D eigenvalue weighted by molar-refractivity contribution is 5.76. The first-order chi connectivity index (χ1) is 15.0. The van der Waals surface area contributed by atoms with E-state index in [0.717, 1.165) is 0 Å². The smallest absolute Gasteiger partial charge is 0.280 e. The normalized spacial score (nSPS) is 10.5. The zero-order valence-electron chi connectivity index (χ0n) is 16.2. The first kappa shape index (κ1) is 19.8. The van der Waals surface area contributed by atoms with Crippen molar-refractivity contribution < 1.29 is 14.6 Å². The fourth-order valence-electron chi connectivity index (χ4n) is 3.31. The molecule has 7 heteroatoms.